The Labute approximate surface area is 150 Å². The normalized spacial score (nSPS) is 10.3. The summed E-state index contributed by atoms with van der Waals surface area (Å²) in [7, 11) is 0. The lowest BCUT2D eigenvalue weighted by Gasteiger charge is -2.09. The molecule has 1 amide bonds. The van der Waals surface area contributed by atoms with E-state index in [0.717, 1.165) is 5.56 Å². The van der Waals surface area contributed by atoms with Crippen molar-refractivity contribution in [2.75, 3.05) is 0 Å². The summed E-state index contributed by atoms with van der Waals surface area (Å²) in [5, 5.41) is 0.639. The van der Waals surface area contributed by atoms with E-state index < -0.39 is 0 Å². The molecular formula is C19H16ClN3O2. The van der Waals surface area contributed by atoms with E-state index >= 15 is 0 Å². The topological polar surface area (TPSA) is 63.2 Å². The van der Waals surface area contributed by atoms with Crippen molar-refractivity contribution in [3.8, 4) is 11.5 Å². The van der Waals surface area contributed by atoms with E-state index in [1.165, 1.54) is 6.20 Å². The van der Waals surface area contributed by atoms with Crippen molar-refractivity contribution in [3.63, 3.8) is 0 Å². The number of benzene rings is 2. The predicted octanol–water partition coefficient (Wildman–Crippen LogP) is 3.96. The molecule has 2 N–H and O–H groups in total. The van der Waals surface area contributed by atoms with E-state index in [2.05, 4.69) is 15.8 Å². The minimum atomic E-state index is -0.356. The number of hydrogen-bond acceptors (Lipinski definition) is 4. The Morgan fingerprint density at radius 2 is 1.76 bits per heavy atom. The van der Waals surface area contributed by atoms with Crippen LogP contribution in [0.1, 0.15) is 16.1 Å². The van der Waals surface area contributed by atoms with Crippen LogP contribution < -0.4 is 15.6 Å². The Hall–Kier alpha value is -2.89. The van der Waals surface area contributed by atoms with E-state index in [9.17, 15) is 4.79 Å². The molecule has 3 rings (SSSR count). The smallest absolute Gasteiger partial charge is 0.284 e. The number of hydrogen-bond donors (Lipinski definition) is 2. The highest BCUT2D eigenvalue weighted by Crippen LogP contribution is 2.20. The van der Waals surface area contributed by atoms with Crippen molar-refractivity contribution in [1.29, 1.82) is 0 Å². The fourth-order valence-electron chi connectivity index (χ4n) is 2.15. The van der Waals surface area contributed by atoms with E-state index in [1.807, 2.05) is 48.5 Å². The quantitative estimate of drug-likeness (QED) is 0.658. The molecule has 5 nitrogen and oxygen atoms in total. The summed E-state index contributed by atoms with van der Waals surface area (Å²) >= 11 is 6.07. The third kappa shape index (κ3) is 4.79. The minimum Gasteiger partial charge on any atom is -0.457 e. The zero-order valence-electron chi connectivity index (χ0n) is 13.3. The number of rotatable bonds is 6. The highest BCUT2D eigenvalue weighted by molar-refractivity contribution is 6.31. The zero-order valence-corrected chi connectivity index (χ0v) is 14.0. The maximum atomic E-state index is 12.2. The molecule has 0 saturated carbocycles. The number of nitrogens with one attached hydrogen (secondary N) is 2. The highest BCUT2D eigenvalue weighted by Gasteiger charge is 2.09. The summed E-state index contributed by atoms with van der Waals surface area (Å²) in [6.07, 6.45) is 1.53. The number of carbonyl (C=O) groups is 1. The number of halogens is 1. The molecule has 0 bridgehead atoms. The number of carbonyl (C=O) groups excluding carboxylic acids is 1. The van der Waals surface area contributed by atoms with Gasteiger partial charge in [0, 0.05) is 23.8 Å². The van der Waals surface area contributed by atoms with Crippen LogP contribution in [0.5, 0.6) is 11.5 Å². The second kappa shape index (κ2) is 8.28. The number of amides is 1. The number of nitrogens with zero attached hydrogens (tertiary/aromatic N) is 1. The molecule has 25 heavy (non-hydrogen) atoms. The Balaban J connectivity index is 1.59. The lowest BCUT2D eigenvalue weighted by atomic mass is 10.2. The molecule has 0 radical (unpaired) electrons. The average Bonchev–Trinajstić information content (AvgIpc) is 2.64. The van der Waals surface area contributed by atoms with Gasteiger partial charge in [-0.25, -0.2) is 5.43 Å². The van der Waals surface area contributed by atoms with Crippen LogP contribution in [0, 0.1) is 0 Å². The third-order valence-electron chi connectivity index (χ3n) is 3.38. The van der Waals surface area contributed by atoms with Crippen LogP contribution in [0.3, 0.4) is 0 Å². The number of para-hydroxylation sites is 1. The maximum absolute atomic E-state index is 12.2. The molecule has 0 aliphatic carbocycles. The first-order valence-corrected chi connectivity index (χ1v) is 8.06. The summed E-state index contributed by atoms with van der Waals surface area (Å²) in [5.74, 6) is 0.875. The zero-order chi connectivity index (χ0) is 17.5. The Morgan fingerprint density at radius 3 is 2.56 bits per heavy atom. The lowest BCUT2D eigenvalue weighted by Crippen LogP contribution is -2.37. The molecule has 126 valence electrons. The van der Waals surface area contributed by atoms with Gasteiger partial charge in [0.25, 0.3) is 5.91 Å². The molecule has 0 atom stereocenters. The van der Waals surface area contributed by atoms with Crippen LogP contribution in [-0.2, 0) is 6.54 Å². The number of aromatic nitrogens is 1. The Kier molecular flexibility index (Phi) is 5.61. The Bertz CT molecular complexity index is 856. The van der Waals surface area contributed by atoms with Crippen molar-refractivity contribution in [2.45, 2.75) is 6.54 Å². The lowest BCUT2D eigenvalue weighted by molar-refractivity contribution is 0.0927. The standard InChI is InChI=1S/C19H16ClN3O2/c20-17-9-5-4-6-14(17)13-22-23-19(24)18-12-16(10-11-21-18)25-15-7-2-1-3-8-15/h1-12,22H,13H2,(H,23,24). The summed E-state index contributed by atoms with van der Waals surface area (Å²) in [6.45, 7) is 0.408. The van der Waals surface area contributed by atoms with E-state index in [0.29, 0.717) is 23.1 Å². The van der Waals surface area contributed by atoms with Gasteiger partial charge in [0.05, 0.1) is 0 Å². The molecule has 0 aliphatic heterocycles. The van der Waals surface area contributed by atoms with E-state index in [-0.39, 0.29) is 11.6 Å². The second-order valence-electron chi connectivity index (χ2n) is 5.19. The molecule has 0 saturated heterocycles. The van der Waals surface area contributed by atoms with Gasteiger partial charge in [0.1, 0.15) is 17.2 Å². The molecule has 0 spiro atoms. The highest BCUT2D eigenvalue weighted by atomic mass is 35.5. The fraction of sp³-hybridized carbons (Fsp3) is 0.0526. The molecule has 3 aromatic rings. The Morgan fingerprint density at radius 1 is 1.00 bits per heavy atom. The number of ether oxygens (including phenoxy) is 1. The monoisotopic (exact) mass is 353 g/mol. The predicted molar refractivity (Wildman–Crippen MR) is 96.5 cm³/mol. The van der Waals surface area contributed by atoms with Crippen molar-refractivity contribution >= 4 is 17.5 Å². The SMILES string of the molecule is O=C(NNCc1ccccc1Cl)c1cc(Oc2ccccc2)ccn1. The van der Waals surface area contributed by atoms with Crippen LogP contribution in [0.25, 0.3) is 0 Å². The first kappa shape index (κ1) is 17.0. The molecule has 0 unspecified atom stereocenters. The first-order chi connectivity index (χ1) is 12.2. The molecule has 1 aromatic heterocycles. The number of hydrazine groups is 1. The van der Waals surface area contributed by atoms with Gasteiger partial charge in [-0.1, -0.05) is 48.0 Å². The van der Waals surface area contributed by atoms with Gasteiger partial charge in [-0.3, -0.25) is 15.2 Å². The first-order valence-electron chi connectivity index (χ1n) is 7.68. The van der Waals surface area contributed by atoms with Gasteiger partial charge < -0.3 is 4.74 Å². The molecule has 1 heterocycles. The largest absolute Gasteiger partial charge is 0.457 e. The van der Waals surface area contributed by atoms with Crippen LogP contribution in [0.15, 0.2) is 72.9 Å². The number of pyridine rings is 1. The summed E-state index contributed by atoms with van der Waals surface area (Å²) in [4.78, 5) is 16.3. The molecule has 0 fully saturated rings. The van der Waals surface area contributed by atoms with Crippen LogP contribution in [-0.4, -0.2) is 10.9 Å². The molecule has 0 aliphatic rings. The van der Waals surface area contributed by atoms with Gasteiger partial charge in [-0.15, -0.1) is 0 Å². The minimum absolute atomic E-state index is 0.250. The van der Waals surface area contributed by atoms with Gasteiger partial charge in [0.2, 0.25) is 0 Å². The van der Waals surface area contributed by atoms with Crippen LogP contribution in [0.4, 0.5) is 0 Å². The van der Waals surface area contributed by atoms with Gasteiger partial charge in [0.15, 0.2) is 0 Å². The van der Waals surface area contributed by atoms with Crippen molar-refractivity contribution in [3.05, 3.63) is 89.2 Å². The molecular weight excluding hydrogens is 338 g/mol. The second-order valence-corrected chi connectivity index (χ2v) is 5.60. The van der Waals surface area contributed by atoms with Crippen molar-refractivity contribution in [1.82, 2.24) is 15.8 Å². The van der Waals surface area contributed by atoms with Gasteiger partial charge >= 0.3 is 0 Å². The maximum Gasteiger partial charge on any atom is 0.284 e. The van der Waals surface area contributed by atoms with E-state index in [1.54, 1.807) is 18.2 Å². The van der Waals surface area contributed by atoms with Crippen molar-refractivity contribution < 1.29 is 9.53 Å². The van der Waals surface area contributed by atoms with Gasteiger partial charge in [-0.2, -0.15) is 0 Å². The summed E-state index contributed by atoms with van der Waals surface area (Å²) in [5.41, 5.74) is 6.58. The van der Waals surface area contributed by atoms with Crippen molar-refractivity contribution in [2.24, 2.45) is 0 Å². The summed E-state index contributed by atoms with van der Waals surface area (Å²) < 4.78 is 5.70. The van der Waals surface area contributed by atoms with Gasteiger partial charge in [-0.05, 0) is 29.8 Å². The third-order valence-corrected chi connectivity index (χ3v) is 3.75. The van der Waals surface area contributed by atoms with Crippen LogP contribution >= 0.6 is 11.6 Å². The molecule has 2 aromatic carbocycles. The average molecular weight is 354 g/mol. The van der Waals surface area contributed by atoms with E-state index in [4.69, 9.17) is 16.3 Å². The molecule has 6 heteroatoms. The summed E-state index contributed by atoms with van der Waals surface area (Å²) in [6, 6.07) is 20.0. The fourth-order valence-corrected chi connectivity index (χ4v) is 2.35. The van der Waals surface area contributed by atoms with Crippen LogP contribution in [0.2, 0.25) is 5.02 Å².